The van der Waals surface area contributed by atoms with Gasteiger partial charge in [0.15, 0.2) is 5.52 Å². The molecule has 0 atom stereocenters. The van der Waals surface area contributed by atoms with Gasteiger partial charge in [0, 0.05) is 0 Å². The zero-order valence-corrected chi connectivity index (χ0v) is 7.00. The van der Waals surface area contributed by atoms with Gasteiger partial charge in [-0.1, -0.05) is 6.92 Å². The molecule has 5 heteroatoms. The van der Waals surface area contributed by atoms with Crippen molar-refractivity contribution in [3.05, 3.63) is 11.5 Å². The van der Waals surface area contributed by atoms with Crippen LogP contribution in [-0.2, 0) is 6.42 Å². The quantitative estimate of drug-likeness (QED) is 0.669. The summed E-state index contributed by atoms with van der Waals surface area (Å²) in [6.45, 7) is 3.89. The average molecular weight is 163 g/mol. The fourth-order valence-corrected chi connectivity index (χ4v) is 1.17. The summed E-state index contributed by atoms with van der Waals surface area (Å²) in [5.41, 5.74) is 2.38. The lowest BCUT2D eigenvalue weighted by atomic mass is 10.3. The maximum atomic E-state index is 4.26. The van der Waals surface area contributed by atoms with Crippen LogP contribution in [0.25, 0.3) is 11.2 Å². The molecule has 12 heavy (non-hydrogen) atoms. The summed E-state index contributed by atoms with van der Waals surface area (Å²) in [6.07, 6.45) is 0.854. The molecule has 0 aromatic carbocycles. The second-order valence-corrected chi connectivity index (χ2v) is 2.57. The molecule has 0 aliphatic rings. The standard InChI is InChI=1S/C7H9N5/c1-3-5-6-7(11-12-10-6)9-4(2)8-5/h3H2,1-2H3,(H,8,9,10,11,12). The van der Waals surface area contributed by atoms with Crippen LogP contribution in [0.5, 0.6) is 0 Å². The van der Waals surface area contributed by atoms with E-state index in [1.54, 1.807) is 0 Å². The molecule has 1 N–H and O–H groups in total. The van der Waals surface area contributed by atoms with Gasteiger partial charge < -0.3 is 0 Å². The number of hydrogen-bond acceptors (Lipinski definition) is 4. The molecule has 2 rings (SSSR count). The summed E-state index contributed by atoms with van der Waals surface area (Å²) in [7, 11) is 0. The summed E-state index contributed by atoms with van der Waals surface area (Å²) < 4.78 is 0. The number of H-pyrrole nitrogens is 1. The minimum absolute atomic E-state index is 0.652. The SMILES string of the molecule is CCc1nc(C)nc2n[nH]nc12. The van der Waals surface area contributed by atoms with Gasteiger partial charge >= 0.3 is 0 Å². The smallest absolute Gasteiger partial charge is 0.205 e. The molecule has 0 unspecified atom stereocenters. The van der Waals surface area contributed by atoms with Crippen LogP contribution in [0, 0.1) is 6.92 Å². The molecule has 0 fully saturated rings. The van der Waals surface area contributed by atoms with E-state index in [1.807, 2.05) is 13.8 Å². The third-order valence-electron chi connectivity index (χ3n) is 1.70. The molecule has 5 nitrogen and oxygen atoms in total. The lowest BCUT2D eigenvalue weighted by molar-refractivity contribution is 0.951. The Kier molecular flexibility index (Phi) is 1.49. The van der Waals surface area contributed by atoms with Crippen molar-refractivity contribution in [3.63, 3.8) is 0 Å². The first-order valence-electron chi connectivity index (χ1n) is 3.85. The third kappa shape index (κ3) is 0.939. The number of nitrogens with one attached hydrogen (secondary N) is 1. The average Bonchev–Trinajstić information content (AvgIpc) is 2.50. The maximum Gasteiger partial charge on any atom is 0.205 e. The van der Waals surface area contributed by atoms with Gasteiger partial charge in [0.2, 0.25) is 5.65 Å². The van der Waals surface area contributed by atoms with Gasteiger partial charge in [0.05, 0.1) is 5.69 Å². The van der Waals surface area contributed by atoms with Gasteiger partial charge in [-0.2, -0.15) is 10.3 Å². The van der Waals surface area contributed by atoms with Crippen molar-refractivity contribution >= 4 is 11.2 Å². The summed E-state index contributed by atoms with van der Waals surface area (Å²) >= 11 is 0. The van der Waals surface area contributed by atoms with Crippen molar-refractivity contribution in [2.24, 2.45) is 0 Å². The topological polar surface area (TPSA) is 67.3 Å². The molecule has 0 aliphatic heterocycles. The predicted octanol–water partition coefficient (Wildman–Crippen LogP) is 0.619. The van der Waals surface area contributed by atoms with Crippen molar-refractivity contribution < 1.29 is 0 Å². The van der Waals surface area contributed by atoms with Crippen LogP contribution in [0.3, 0.4) is 0 Å². The van der Waals surface area contributed by atoms with Crippen molar-refractivity contribution in [2.45, 2.75) is 20.3 Å². The van der Waals surface area contributed by atoms with Crippen LogP contribution in [0.2, 0.25) is 0 Å². The van der Waals surface area contributed by atoms with Crippen molar-refractivity contribution in [3.8, 4) is 0 Å². The van der Waals surface area contributed by atoms with Crippen LogP contribution in [0.1, 0.15) is 18.4 Å². The van der Waals surface area contributed by atoms with E-state index >= 15 is 0 Å². The van der Waals surface area contributed by atoms with Gasteiger partial charge in [-0.3, -0.25) is 0 Å². The number of aromatic nitrogens is 5. The zero-order chi connectivity index (χ0) is 8.55. The number of nitrogens with zero attached hydrogens (tertiary/aromatic N) is 4. The Balaban J connectivity index is 2.80. The first-order chi connectivity index (χ1) is 5.81. The first kappa shape index (κ1) is 7.15. The minimum atomic E-state index is 0.652. The van der Waals surface area contributed by atoms with Gasteiger partial charge in [0.1, 0.15) is 5.82 Å². The van der Waals surface area contributed by atoms with Crippen LogP contribution in [0.4, 0.5) is 0 Å². The van der Waals surface area contributed by atoms with E-state index in [9.17, 15) is 0 Å². The largest absolute Gasteiger partial charge is 0.236 e. The predicted molar refractivity (Wildman–Crippen MR) is 43.6 cm³/mol. The minimum Gasteiger partial charge on any atom is -0.236 e. The molecule has 2 aromatic heterocycles. The highest BCUT2D eigenvalue weighted by molar-refractivity contribution is 5.71. The summed E-state index contributed by atoms with van der Waals surface area (Å²) in [4.78, 5) is 8.39. The van der Waals surface area contributed by atoms with Crippen molar-refractivity contribution in [1.29, 1.82) is 0 Å². The van der Waals surface area contributed by atoms with Crippen LogP contribution in [0.15, 0.2) is 0 Å². The maximum absolute atomic E-state index is 4.26. The third-order valence-corrected chi connectivity index (χ3v) is 1.70. The van der Waals surface area contributed by atoms with E-state index in [0.29, 0.717) is 5.65 Å². The molecule has 0 saturated heterocycles. The zero-order valence-electron chi connectivity index (χ0n) is 7.00. The van der Waals surface area contributed by atoms with Gasteiger partial charge in [-0.25, -0.2) is 9.97 Å². The molecular formula is C7H9N5. The number of fused-ring (bicyclic) bond motifs is 1. The summed E-state index contributed by atoms with van der Waals surface area (Å²) in [5, 5.41) is 10.4. The van der Waals surface area contributed by atoms with Gasteiger partial charge in [-0.05, 0) is 13.3 Å². The van der Waals surface area contributed by atoms with E-state index in [0.717, 1.165) is 23.5 Å². The Hall–Kier alpha value is -1.52. The summed E-state index contributed by atoms with van der Waals surface area (Å²) in [5.74, 6) is 0.744. The Morgan fingerprint density at radius 3 is 2.83 bits per heavy atom. The second kappa shape index (κ2) is 2.51. The fourth-order valence-electron chi connectivity index (χ4n) is 1.17. The first-order valence-corrected chi connectivity index (χ1v) is 3.85. The molecule has 62 valence electrons. The lowest BCUT2D eigenvalue weighted by Gasteiger charge is -1.96. The van der Waals surface area contributed by atoms with E-state index in [2.05, 4.69) is 25.4 Å². The number of aromatic amines is 1. The Labute approximate surface area is 69.2 Å². The number of aryl methyl sites for hydroxylation is 2. The molecule has 0 aliphatic carbocycles. The molecule has 0 saturated carbocycles. The van der Waals surface area contributed by atoms with Crippen molar-refractivity contribution in [2.75, 3.05) is 0 Å². The van der Waals surface area contributed by atoms with E-state index in [4.69, 9.17) is 0 Å². The van der Waals surface area contributed by atoms with E-state index in [-0.39, 0.29) is 0 Å². The van der Waals surface area contributed by atoms with Crippen LogP contribution in [-0.4, -0.2) is 25.4 Å². The fraction of sp³-hybridized carbons (Fsp3) is 0.429. The highest BCUT2D eigenvalue weighted by Crippen LogP contribution is 2.09. The highest BCUT2D eigenvalue weighted by Gasteiger charge is 2.06. The Morgan fingerprint density at radius 1 is 1.25 bits per heavy atom. The summed E-state index contributed by atoms with van der Waals surface area (Å²) in [6, 6.07) is 0. The molecule has 0 bridgehead atoms. The molecule has 0 amide bonds. The van der Waals surface area contributed by atoms with Gasteiger partial charge in [-0.15, -0.1) is 5.10 Å². The highest BCUT2D eigenvalue weighted by atomic mass is 15.3. The monoisotopic (exact) mass is 163 g/mol. The van der Waals surface area contributed by atoms with Crippen LogP contribution < -0.4 is 0 Å². The van der Waals surface area contributed by atoms with E-state index < -0.39 is 0 Å². The van der Waals surface area contributed by atoms with Crippen molar-refractivity contribution in [1.82, 2.24) is 25.4 Å². The molecular weight excluding hydrogens is 154 g/mol. The van der Waals surface area contributed by atoms with Crippen LogP contribution >= 0.6 is 0 Å². The molecule has 2 aromatic rings. The second-order valence-electron chi connectivity index (χ2n) is 2.57. The normalized spacial score (nSPS) is 10.8. The lowest BCUT2D eigenvalue weighted by Crippen LogP contribution is -1.95. The number of hydrogen-bond donors (Lipinski definition) is 1. The number of rotatable bonds is 1. The Morgan fingerprint density at radius 2 is 2.08 bits per heavy atom. The van der Waals surface area contributed by atoms with Gasteiger partial charge in [0.25, 0.3) is 0 Å². The van der Waals surface area contributed by atoms with E-state index in [1.165, 1.54) is 0 Å². The Bertz CT molecular complexity index is 405. The molecule has 0 spiro atoms. The molecule has 0 radical (unpaired) electrons. The molecule has 2 heterocycles.